The fraction of sp³-hybridized carbons (Fsp3) is 0.0769. The van der Waals surface area contributed by atoms with E-state index in [1.807, 2.05) is 13.0 Å². The highest BCUT2D eigenvalue weighted by molar-refractivity contribution is 7.17. The SMILES string of the molecule is C=c1oc2c(ccc3sccc32)/c1=C/C. The highest BCUT2D eigenvalue weighted by atomic mass is 32.1. The normalized spacial score (nSPS) is 13.0. The van der Waals surface area contributed by atoms with Gasteiger partial charge in [-0.15, -0.1) is 11.3 Å². The van der Waals surface area contributed by atoms with Gasteiger partial charge in [-0.1, -0.05) is 12.7 Å². The van der Waals surface area contributed by atoms with E-state index in [4.69, 9.17) is 4.42 Å². The fourth-order valence-electron chi connectivity index (χ4n) is 1.98. The van der Waals surface area contributed by atoms with Crippen LogP contribution in [0, 0.1) is 0 Å². The van der Waals surface area contributed by atoms with Crippen molar-refractivity contribution in [3.8, 4) is 0 Å². The van der Waals surface area contributed by atoms with Gasteiger partial charge in [0.15, 0.2) is 0 Å². The van der Waals surface area contributed by atoms with Gasteiger partial charge in [0.25, 0.3) is 0 Å². The standard InChI is InChI=1S/C13H10OS/c1-3-9-8(2)14-13-10(9)4-5-12-11(13)6-7-15-12/h3-7H,2H2,1H3/b9-3+. The average molecular weight is 214 g/mol. The summed E-state index contributed by atoms with van der Waals surface area (Å²) in [6.45, 7) is 5.94. The summed E-state index contributed by atoms with van der Waals surface area (Å²) in [5, 5.41) is 5.55. The topological polar surface area (TPSA) is 13.1 Å². The van der Waals surface area contributed by atoms with E-state index in [0.717, 1.165) is 21.6 Å². The maximum atomic E-state index is 5.73. The molecular formula is C13H10OS. The Kier molecular flexibility index (Phi) is 1.73. The van der Waals surface area contributed by atoms with Gasteiger partial charge >= 0.3 is 0 Å². The summed E-state index contributed by atoms with van der Waals surface area (Å²) >= 11 is 1.73. The zero-order valence-electron chi connectivity index (χ0n) is 8.41. The molecule has 1 aromatic carbocycles. The van der Waals surface area contributed by atoms with Crippen molar-refractivity contribution in [3.63, 3.8) is 0 Å². The van der Waals surface area contributed by atoms with Crippen molar-refractivity contribution in [2.75, 3.05) is 0 Å². The summed E-state index contributed by atoms with van der Waals surface area (Å²) in [4.78, 5) is 0. The highest BCUT2D eigenvalue weighted by Crippen LogP contribution is 2.26. The van der Waals surface area contributed by atoms with Gasteiger partial charge in [0, 0.05) is 20.7 Å². The van der Waals surface area contributed by atoms with E-state index >= 15 is 0 Å². The van der Waals surface area contributed by atoms with Crippen LogP contribution in [-0.2, 0) is 0 Å². The second kappa shape index (κ2) is 2.97. The van der Waals surface area contributed by atoms with Crippen LogP contribution < -0.4 is 10.6 Å². The first kappa shape index (κ1) is 8.74. The van der Waals surface area contributed by atoms with Gasteiger partial charge in [-0.2, -0.15) is 0 Å². The Morgan fingerprint density at radius 1 is 1.27 bits per heavy atom. The third-order valence-electron chi connectivity index (χ3n) is 2.69. The molecule has 0 saturated carbocycles. The lowest BCUT2D eigenvalue weighted by Crippen LogP contribution is -2.16. The average Bonchev–Trinajstić information content (AvgIpc) is 2.79. The van der Waals surface area contributed by atoms with Gasteiger partial charge in [-0.25, -0.2) is 0 Å². The summed E-state index contributed by atoms with van der Waals surface area (Å²) in [6.07, 6.45) is 2.05. The number of rotatable bonds is 0. The predicted octanol–water partition coefficient (Wildman–Crippen LogP) is 2.86. The molecule has 0 N–H and O–H groups in total. The van der Waals surface area contributed by atoms with Gasteiger partial charge in [-0.05, 0) is 30.5 Å². The number of hydrogen-bond acceptors (Lipinski definition) is 2. The van der Waals surface area contributed by atoms with Crippen LogP contribution in [0.2, 0.25) is 0 Å². The van der Waals surface area contributed by atoms with Gasteiger partial charge < -0.3 is 4.42 Å². The molecule has 0 atom stereocenters. The molecule has 0 unspecified atom stereocenters. The van der Waals surface area contributed by atoms with Crippen LogP contribution in [0.1, 0.15) is 6.92 Å². The molecule has 2 heterocycles. The van der Waals surface area contributed by atoms with E-state index in [9.17, 15) is 0 Å². The molecule has 74 valence electrons. The van der Waals surface area contributed by atoms with E-state index in [-0.39, 0.29) is 0 Å². The molecule has 0 fully saturated rings. The third-order valence-corrected chi connectivity index (χ3v) is 3.57. The largest absolute Gasteiger partial charge is 0.456 e. The predicted molar refractivity (Wildman–Crippen MR) is 66.5 cm³/mol. The van der Waals surface area contributed by atoms with E-state index < -0.39 is 0 Å². The van der Waals surface area contributed by atoms with E-state index in [0.29, 0.717) is 0 Å². The zero-order valence-corrected chi connectivity index (χ0v) is 9.23. The molecular weight excluding hydrogens is 204 g/mol. The first-order valence-electron chi connectivity index (χ1n) is 4.85. The molecule has 0 radical (unpaired) electrons. The molecule has 0 aliphatic rings. The number of furan rings is 1. The van der Waals surface area contributed by atoms with Gasteiger partial charge in [0.2, 0.25) is 0 Å². The summed E-state index contributed by atoms with van der Waals surface area (Å²) in [6, 6.07) is 6.36. The Morgan fingerprint density at radius 2 is 2.13 bits per heavy atom. The molecule has 0 aliphatic carbocycles. The summed E-state index contributed by atoms with van der Waals surface area (Å²) in [5.74, 6) is 0. The molecule has 3 aromatic rings. The van der Waals surface area contributed by atoms with Crippen LogP contribution >= 0.6 is 11.3 Å². The summed E-state index contributed by atoms with van der Waals surface area (Å²) in [7, 11) is 0. The Morgan fingerprint density at radius 3 is 2.93 bits per heavy atom. The maximum Gasteiger partial charge on any atom is 0.144 e. The van der Waals surface area contributed by atoms with E-state index in [1.165, 1.54) is 10.1 Å². The van der Waals surface area contributed by atoms with Crippen molar-refractivity contribution < 1.29 is 4.42 Å². The smallest absolute Gasteiger partial charge is 0.144 e. The maximum absolute atomic E-state index is 5.73. The first-order valence-corrected chi connectivity index (χ1v) is 5.73. The first-order chi connectivity index (χ1) is 7.31. The Bertz CT molecular complexity index is 746. The zero-order chi connectivity index (χ0) is 10.4. The van der Waals surface area contributed by atoms with Gasteiger partial charge in [0.05, 0.1) is 0 Å². The van der Waals surface area contributed by atoms with Crippen LogP contribution in [0.3, 0.4) is 0 Å². The highest BCUT2D eigenvalue weighted by Gasteiger charge is 2.06. The Labute approximate surface area is 90.9 Å². The Hall–Kier alpha value is -1.54. The van der Waals surface area contributed by atoms with E-state index in [1.54, 1.807) is 11.3 Å². The lowest BCUT2D eigenvalue weighted by atomic mass is 10.2. The van der Waals surface area contributed by atoms with Crippen LogP contribution in [0.15, 0.2) is 28.0 Å². The molecule has 15 heavy (non-hydrogen) atoms. The molecule has 2 aromatic heterocycles. The van der Waals surface area contributed by atoms with Crippen LogP contribution in [0.5, 0.6) is 0 Å². The fourth-order valence-corrected chi connectivity index (χ4v) is 2.77. The number of hydrogen-bond donors (Lipinski definition) is 0. The van der Waals surface area contributed by atoms with Crippen molar-refractivity contribution in [1.29, 1.82) is 0 Å². The third kappa shape index (κ3) is 1.08. The molecule has 3 rings (SSSR count). The Balaban J connectivity index is 2.73. The minimum atomic E-state index is 0.756. The summed E-state index contributed by atoms with van der Waals surface area (Å²) in [5.41, 5.74) is 1.72. The second-order valence-electron chi connectivity index (χ2n) is 3.50. The summed E-state index contributed by atoms with van der Waals surface area (Å²) < 4.78 is 6.99. The van der Waals surface area contributed by atoms with Crippen LogP contribution in [-0.4, -0.2) is 0 Å². The second-order valence-corrected chi connectivity index (χ2v) is 4.45. The molecule has 0 bridgehead atoms. The minimum absolute atomic E-state index is 0.756. The lowest BCUT2D eigenvalue weighted by Gasteiger charge is -1.90. The van der Waals surface area contributed by atoms with Crippen molar-refractivity contribution >= 4 is 45.0 Å². The molecule has 0 amide bonds. The van der Waals surface area contributed by atoms with Crippen LogP contribution in [0.4, 0.5) is 0 Å². The molecule has 1 nitrogen and oxygen atoms in total. The number of fused-ring (bicyclic) bond motifs is 3. The van der Waals surface area contributed by atoms with Crippen LogP contribution in [0.25, 0.3) is 33.7 Å². The van der Waals surface area contributed by atoms with E-state index in [2.05, 4.69) is 30.2 Å². The minimum Gasteiger partial charge on any atom is -0.456 e. The monoisotopic (exact) mass is 214 g/mol. The lowest BCUT2D eigenvalue weighted by molar-refractivity contribution is 0.580. The van der Waals surface area contributed by atoms with Crippen molar-refractivity contribution in [3.05, 3.63) is 34.2 Å². The van der Waals surface area contributed by atoms with Gasteiger partial charge in [-0.3, -0.25) is 0 Å². The molecule has 2 heteroatoms. The molecule has 0 spiro atoms. The molecule has 0 aliphatic heterocycles. The number of benzene rings is 1. The van der Waals surface area contributed by atoms with Crippen molar-refractivity contribution in [2.24, 2.45) is 0 Å². The molecule has 0 saturated heterocycles. The van der Waals surface area contributed by atoms with Gasteiger partial charge in [0.1, 0.15) is 11.0 Å². The van der Waals surface area contributed by atoms with Crippen molar-refractivity contribution in [1.82, 2.24) is 0 Å². The number of thiophene rings is 1. The van der Waals surface area contributed by atoms with Crippen molar-refractivity contribution in [2.45, 2.75) is 6.92 Å². The quantitative estimate of drug-likeness (QED) is 0.561.